The Morgan fingerprint density at radius 1 is 1.33 bits per heavy atom. The standard InChI is InChI=1S/C14H19FN2OS.C2H6/c1-11-10-12(4-5-13(11)15)16(2)14(18)17-6-8-19(3)9-7-17;1-2/h4-5,10H,3,6-9H2,1-2H3;1-2H3. The first-order chi connectivity index (χ1) is 9.99. The minimum atomic E-state index is -0.247. The molecule has 0 unspecified atom stereocenters. The molecule has 2 amide bonds. The van der Waals surface area contributed by atoms with Gasteiger partial charge in [0.15, 0.2) is 0 Å². The Balaban J connectivity index is 0.00000106. The summed E-state index contributed by atoms with van der Waals surface area (Å²) < 4.78 is 13.2. The van der Waals surface area contributed by atoms with E-state index in [0.717, 1.165) is 30.3 Å². The van der Waals surface area contributed by atoms with Crippen LogP contribution in [0.15, 0.2) is 18.2 Å². The van der Waals surface area contributed by atoms with Gasteiger partial charge in [0.05, 0.1) is 0 Å². The summed E-state index contributed by atoms with van der Waals surface area (Å²) in [4.78, 5) is 15.8. The van der Waals surface area contributed by atoms with E-state index < -0.39 is 0 Å². The molecule has 1 saturated heterocycles. The van der Waals surface area contributed by atoms with Gasteiger partial charge in [0.1, 0.15) is 5.82 Å². The van der Waals surface area contributed by atoms with E-state index in [1.165, 1.54) is 6.07 Å². The molecule has 2 rings (SSSR count). The van der Waals surface area contributed by atoms with Crippen LogP contribution in [-0.4, -0.2) is 48.4 Å². The molecular weight excluding hydrogens is 287 g/mol. The molecule has 0 aromatic heterocycles. The molecule has 0 N–H and O–H groups in total. The third-order valence-corrected chi connectivity index (χ3v) is 4.91. The number of carbonyl (C=O) groups excluding carboxylic acids is 1. The number of anilines is 1. The summed E-state index contributed by atoms with van der Waals surface area (Å²) in [6.07, 6.45) is 0. The number of hydrogen-bond donors (Lipinski definition) is 0. The van der Waals surface area contributed by atoms with E-state index in [-0.39, 0.29) is 22.3 Å². The maximum absolute atomic E-state index is 13.2. The maximum Gasteiger partial charge on any atom is 0.324 e. The van der Waals surface area contributed by atoms with Gasteiger partial charge in [-0.25, -0.2) is 9.18 Å². The summed E-state index contributed by atoms with van der Waals surface area (Å²) in [5, 5.41) is 0. The topological polar surface area (TPSA) is 23.6 Å². The Labute approximate surface area is 129 Å². The summed E-state index contributed by atoms with van der Waals surface area (Å²) in [6.45, 7) is 7.22. The second-order valence-electron chi connectivity index (χ2n) is 4.78. The molecule has 118 valence electrons. The lowest BCUT2D eigenvalue weighted by atomic mass is 10.2. The molecule has 1 aromatic carbocycles. The fraction of sp³-hybridized carbons (Fsp3) is 0.500. The van der Waals surface area contributed by atoms with Gasteiger partial charge in [0, 0.05) is 37.3 Å². The lowest BCUT2D eigenvalue weighted by Crippen LogP contribution is -2.45. The SMILES string of the molecule is C=S1CCN(C(=O)N(C)c2ccc(F)c(C)c2)CC1.CC. The average Bonchev–Trinajstić information content (AvgIpc) is 2.51. The lowest BCUT2D eigenvalue weighted by molar-refractivity contribution is 0.211. The molecule has 1 aliphatic rings. The molecule has 5 heteroatoms. The summed E-state index contributed by atoms with van der Waals surface area (Å²) in [6, 6.07) is 4.71. The smallest absolute Gasteiger partial charge is 0.323 e. The molecule has 0 atom stereocenters. The van der Waals surface area contributed by atoms with Gasteiger partial charge in [0.2, 0.25) is 0 Å². The molecule has 1 heterocycles. The Bertz CT molecular complexity index is 509. The van der Waals surface area contributed by atoms with Gasteiger partial charge >= 0.3 is 6.03 Å². The number of hydrogen-bond acceptors (Lipinski definition) is 1. The Morgan fingerprint density at radius 3 is 2.43 bits per heavy atom. The molecule has 3 nitrogen and oxygen atoms in total. The zero-order chi connectivity index (χ0) is 16.0. The lowest BCUT2D eigenvalue weighted by Gasteiger charge is -2.32. The molecule has 1 fully saturated rings. The van der Waals surface area contributed by atoms with Crippen LogP contribution in [0.2, 0.25) is 0 Å². The van der Waals surface area contributed by atoms with Crippen LogP contribution in [0.5, 0.6) is 0 Å². The second-order valence-corrected chi connectivity index (χ2v) is 6.82. The first-order valence-corrected chi connectivity index (χ1v) is 8.98. The highest BCUT2D eigenvalue weighted by Gasteiger charge is 2.22. The molecule has 0 spiro atoms. The molecule has 0 radical (unpaired) electrons. The minimum Gasteiger partial charge on any atom is -0.323 e. The normalized spacial score (nSPS) is 15.2. The van der Waals surface area contributed by atoms with E-state index in [1.807, 2.05) is 18.7 Å². The van der Waals surface area contributed by atoms with Crippen LogP contribution in [0.1, 0.15) is 19.4 Å². The van der Waals surface area contributed by atoms with Crippen molar-refractivity contribution < 1.29 is 9.18 Å². The van der Waals surface area contributed by atoms with Crippen LogP contribution in [0, 0.1) is 12.7 Å². The molecular formula is C16H25FN2OS. The van der Waals surface area contributed by atoms with E-state index in [0.29, 0.717) is 5.56 Å². The number of rotatable bonds is 1. The van der Waals surface area contributed by atoms with E-state index >= 15 is 0 Å². The van der Waals surface area contributed by atoms with Crippen LogP contribution in [0.25, 0.3) is 0 Å². The predicted octanol–water partition coefficient (Wildman–Crippen LogP) is 3.73. The van der Waals surface area contributed by atoms with Gasteiger partial charge < -0.3 is 4.90 Å². The van der Waals surface area contributed by atoms with Gasteiger partial charge in [-0.3, -0.25) is 4.90 Å². The monoisotopic (exact) mass is 312 g/mol. The molecule has 0 bridgehead atoms. The van der Waals surface area contributed by atoms with Crippen molar-refractivity contribution in [3.63, 3.8) is 0 Å². The van der Waals surface area contributed by atoms with Crippen molar-refractivity contribution in [3.8, 4) is 0 Å². The molecule has 0 aliphatic carbocycles. The summed E-state index contributed by atoms with van der Waals surface area (Å²) in [5.41, 5.74) is 1.28. The van der Waals surface area contributed by atoms with Gasteiger partial charge in [-0.15, -0.1) is 0 Å². The van der Waals surface area contributed by atoms with Crippen molar-refractivity contribution >= 4 is 28.1 Å². The zero-order valence-corrected chi connectivity index (χ0v) is 14.2. The number of aryl methyl sites for hydroxylation is 1. The molecule has 1 aromatic rings. The fourth-order valence-electron chi connectivity index (χ4n) is 2.04. The number of urea groups is 1. The highest BCUT2D eigenvalue weighted by Crippen LogP contribution is 2.21. The molecule has 0 saturated carbocycles. The van der Waals surface area contributed by atoms with Crippen LogP contribution in [0.3, 0.4) is 0 Å². The van der Waals surface area contributed by atoms with Crippen LogP contribution in [0.4, 0.5) is 14.9 Å². The van der Waals surface area contributed by atoms with Crippen molar-refractivity contribution in [3.05, 3.63) is 29.6 Å². The summed E-state index contributed by atoms with van der Waals surface area (Å²) in [5.74, 6) is 5.75. The fourth-order valence-corrected chi connectivity index (χ4v) is 3.21. The third-order valence-electron chi connectivity index (χ3n) is 3.39. The number of halogens is 1. The summed E-state index contributed by atoms with van der Waals surface area (Å²) in [7, 11) is 1.93. The second kappa shape index (κ2) is 8.17. The zero-order valence-electron chi connectivity index (χ0n) is 13.4. The largest absolute Gasteiger partial charge is 0.324 e. The quantitative estimate of drug-likeness (QED) is 0.725. The third kappa shape index (κ3) is 4.56. The van der Waals surface area contributed by atoms with E-state index in [1.54, 1.807) is 31.0 Å². The van der Waals surface area contributed by atoms with Gasteiger partial charge in [-0.1, -0.05) is 19.7 Å². The molecule has 1 aliphatic heterocycles. The summed E-state index contributed by atoms with van der Waals surface area (Å²) >= 11 is 0. The van der Waals surface area contributed by atoms with Crippen LogP contribution >= 0.6 is 10.5 Å². The van der Waals surface area contributed by atoms with Gasteiger partial charge in [-0.2, -0.15) is 10.5 Å². The van der Waals surface area contributed by atoms with Crippen molar-refractivity contribution in [2.75, 3.05) is 36.5 Å². The minimum absolute atomic E-state index is 0.0253. The number of benzene rings is 1. The van der Waals surface area contributed by atoms with Crippen LogP contribution < -0.4 is 4.90 Å². The number of amides is 2. The van der Waals surface area contributed by atoms with Gasteiger partial charge in [0.25, 0.3) is 0 Å². The van der Waals surface area contributed by atoms with E-state index in [4.69, 9.17) is 0 Å². The molecule has 21 heavy (non-hydrogen) atoms. The van der Waals surface area contributed by atoms with Crippen molar-refractivity contribution in [2.45, 2.75) is 20.8 Å². The first-order valence-electron chi connectivity index (χ1n) is 7.25. The Kier molecular flexibility index (Phi) is 6.89. The Hall–Kier alpha value is -1.36. The van der Waals surface area contributed by atoms with Crippen molar-refractivity contribution in [1.29, 1.82) is 0 Å². The highest BCUT2D eigenvalue weighted by molar-refractivity contribution is 8.14. The van der Waals surface area contributed by atoms with Crippen molar-refractivity contribution in [1.82, 2.24) is 4.90 Å². The van der Waals surface area contributed by atoms with Crippen LogP contribution in [-0.2, 0) is 0 Å². The maximum atomic E-state index is 13.2. The average molecular weight is 312 g/mol. The van der Waals surface area contributed by atoms with Crippen molar-refractivity contribution in [2.24, 2.45) is 0 Å². The number of nitrogens with zero attached hydrogens (tertiary/aromatic N) is 2. The first kappa shape index (κ1) is 17.7. The van der Waals surface area contributed by atoms with Gasteiger partial charge in [-0.05, 0) is 30.7 Å². The van der Waals surface area contributed by atoms with E-state index in [2.05, 4.69) is 5.87 Å². The Morgan fingerprint density at radius 2 is 1.90 bits per heavy atom. The predicted molar refractivity (Wildman–Crippen MR) is 92.3 cm³/mol. The highest BCUT2D eigenvalue weighted by atomic mass is 32.2. The van der Waals surface area contributed by atoms with E-state index in [9.17, 15) is 9.18 Å². The number of carbonyl (C=O) groups is 1.